The monoisotopic (exact) mass is 302 g/mol. The number of carbonyl (C=O) groups is 1. The van der Waals surface area contributed by atoms with E-state index in [0.29, 0.717) is 5.56 Å². The number of aliphatic hydroxyl groups is 1. The molecule has 0 saturated carbocycles. The first-order valence-corrected chi connectivity index (χ1v) is 7.03. The van der Waals surface area contributed by atoms with Gasteiger partial charge in [0.15, 0.2) is 0 Å². The van der Waals surface area contributed by atoms with E-state index in [1.165, 1.54) is 12.1 Å². The zero-order valence-corrected chi connectivity index (χ0v) is 12.9. The Bertz CT molecular complexity index is 670. The Labute approximate surface area is 129 Å². The SMILES string of the molecule is CC(C)(C)OC(=O)c1ccc(-c2ccc(CO)cc2)cc1F. The van der Waals surface area contributed by atoms with E-state index >= 15 is 0 Å². The lowest BCUT2D eigenvalue weighted by Crippen LogP contribution is -2.24. The van der Waals surface area contributed by atoms with Gasteiger partial charge in [-0.05, 0) is 49.6 Å². The van der Waals surface area contributed by atoms with E-state index in [1.807, 2.05) is 0 Å². The minimum absolute atomic E-state index is 0.0355. The van der Waals surface area contributed by atoms with Crippen molar-refractivity contribution in [3.63, 3.8) is 0 Å². The zero-order valence-electron chi connectivity index (χ0n) is 12.9. The topological polar surface area (TPSA) is 46.5 Å². The van der Waals surface area contributed by atoms with Gasteiger partial charge in [-0.15, -0.1) is 0 Å². The maximum absolute atomic E-state index is 14.2. The lowest BCUT2D eigenvalue weighted by molar-refractivity contribution is 0.00648. The first-order chi connectivity index (χ1) is 10.3. The van der Waals surface area contributed by atoms with Gasteiger partial charge in [-0.25, -0.2) is 9.18 Å². The molecule has 0 bridgehead atoms. The summed E-state index contributed by atoms with van der Waals surface area (Å²) in [6, 6.07) is 11.6. The van der Waals surface area contributed by atoms with Gasteiger partial charge in [0.2, 0.25) is 0 Å². The summed E-state index contributed by atoms with van der Waals surface area (Å²) in [5, 5.41) is 9.02. The van der Waals surface area contributed by atoms with E-state index in [0.717, 1.165) is 11.1 Å². The molecule has 0 aromatic heterocycles. The minimum Gasteiger partial charge on any atom is -0.456 e. The second-order valence-electron chi connectivity index (χ2n) is 6.05. The molecule has 0 aliphatic heterocycles. The van der Waals surface area contributed by atoms with Crippen LogP contribution in [0, 0.1) is 5.82 Å². The molecule has 22 heavy (non-hydrogen) atoms. The van der Waals surface area contributed by atoms with Crippen LogP contribution in [0.3, 0.4) is 0 Å². The summed E-state index contributed by atoms with van der Waals surface area (Å²) in [7, 11) is 0. The third kappa shape index (κ3) is 3.92. The highest BCUT2D eigenvalue weighted by molar-refractivity contribution is 5.90. The normalized spacial score (nSPS) is 11.3. The van der Waals surface area contributed by atoms with Gasteiger partial charge < -0.3 is 9.84 Å². The summed E-state index contributed by atoms with van der Waals surface area (Å²) < 4.78 is 19.3. The number of esters is 1. The molecule has 0 atom stereocenters. The van der Waals surface area contributed by atoms with E-state index in [9.17, 15) is 9.18 Å². The largest absolute Gasteiger partial charge is 0.456 e. The zero-order chi connectivity index (χ0) is 16.3. The van der Waals surface area contributed by atoms with Gasteiger partial charge in [-0.1, -0.05) is 30.3 Å². The highest BCUT2D eigenvalue weighted by Crippen LogP contribution is 2.24. The van der Waals surface area contributed by atoms with Crippen molar-refractivity contribution in [2.24, 2.45) is 0 Å². The third-order valence-corrected chi connectivity index (χ3v) is 3.06. The number of carbonyl (C=O) groups excluding carboxylic acids is 1. The molecule has 0 radical (unpaired) electrons. The predicted octanol–water partition coefficient (Wildman–Crippen LogP) is 3.94. The van der Waals surface area contributed by atoms with E-state index in [1.54, 1.807) is 51.1 Å². The van der Waals surface area contributed by atoms with Crippen LogP contribution in [0.1, 0.15) is 36.7 Å². The summed E-state index contributed by atoms with van der Waals surface area (Å²) in [4.78, 5) is 11.9. The van der Waals surface area contributed by atoms with E-state index < -0.39 is 17.4 Å². The number of hydrogen-bond acceptors (Lipinski definition) is 3. The first-order valence-electron chi connectivity index (χ1n) is 7.03. The molecule has 1 N–H and O–H groups in total. The molecular weight excluding hydrogens is 283 g/mol. The lowest BCUT2D eigenvalue weighted by atomic mass is 10.0. The van der Waals surface area contributed by atoms with Crippen molar-refractivity contribution in [2.45, 2.75) is 33.0 Å². The third-order valence-electron chi connectivity index (χ3n) is 3.06. The Hall–Kier alpha value is -2.20. The Balaban J connectivity index is 2.27. The standard InChI is InChI=1S/C18H19FO3/c1-18(2,3)22-17(21)15-9-8-14(10-16(15)19)13-6-4-12(11-20)5-7-13/h4-10,20H,11H2,1-3H3. The van der Waals surface area contributed by atoms with Crippen molar-refractivity contribution < 1.29 is 19.0 Å². The summed E-state index contributed by atoms with van der Waals surface area (Å²) in [5.41, 5.74) is 1.52. The van der Waals surface area contributed by atoms with Gasteiger partial charge >= 0.3 is 5.97 Å². The fourth-order valence-electron chi connectivity index (χ4n) is 2.00. The van der Waals surface area contributed by atoms with E-state index in [2.05, 4.69) is 0 Å². The second kappa shape index (κ2) is 6.28. The Kier molecular flexibility index (Phi) is 4.62. The number of hydrogen-bond donors (Lipinski definition) is 1. The number of aliphatic hydroxyl groups excluding tert-OH is 1. The van der Waals surface area contributed by atoms with Gasteiger partial charge in [0.1, 0.15) is 11.4 Å². The molecule has 0 spiro atoms. The number of halogens is 1. The lowest BCUT2D eigenvalue weighted by Gasteiger charge is -2.19. The average Bonchev–Trinajstić information content (AvgIpc) is 2.45. The van der Waals surface area contributed by atoms with Gasteiger partial charge in [0, 0.05) is 0 Å². The molecule has 0 aliphatic carbocycles. The molecule has 0 aliphatic rings. The van der Waals surface area contributed by atoms with Crippen LogP contribution in [0.5, 0.6) is 0 Å². The molecule has 2 rings (SSSR count). The van der Waals surface area contributed by atoms with Crippen LogP contribution < -0.4 is 0 Å². The van der Waals surface area contributed by atoms with Crippen molar-refractivity contribution in [2.75, 3.05) is 0 Å². The molecule has 116 valence electrons. The summed E-state index contributed by atoms with van der Waals surface area (Å²) in [6.07, 6.45) is 0. The molecule has 2 aromatic carbocycles. The average molecular weight is 302 g/mol. The Morgan fingerprint density at radius 3 is 2.18 bits per heavy atom. The fraction of sp³-hybridized carbons (Fsp3) is 0.278. The minimum atomic E-state index is -0.674. The van der Waals surface area contributed by atoms with Crippen molar-refractivity contribution in [3.8, 4) is 11.1 Å². The maximum Gasteiger partial charge on any atom is 0.341 e. The summed E-state index contributed by atoms with van der Waals surface area (Å²) >= 11 is 0. The van der Waals surface area contributed by atoms with Crippen molar-refractivity contribution in [3.05, 3.63) is 59.4 Å². The van der Waals surface area contributed by atoms with Gasteiger partial charge in [0.05, 0.1) is 12.2 Å². The van der Waals surface area contributed by atoms with Gasteiger partial charge in [0.25, 0.3) is 0 Å². The smallest absolute Gasteiger partial charge is 0.341 e. The molecule has 0 unspecified atom stereocenters. The Morgan fingerprint density at radius 1 is 1.09 bits per heavy atom. The van der Waals surface area contributed by atoms with Crippen molar-refractivity contribution >= 4 is 5.97 Å². The summed E-state index contributed by atoms with van der Waals surface area (Å²) in [6.45, 7) is 5.17. The van der Waals surface area contributed by atoms with E-state index in [4.69, 9.17) is 9.84 Å². The molecular formula is C18H19FO3. The fourth-order valence-corrected chi connectivity index (χ4v) is 2.00. The second-order valence-corrected chi connectivity index (χ2v) is 6.05. The molecule has 0 fully saturated rings. The van der Waals surface area contributed by atoms with Crippen LogP contribution in [0.15, 0.2) is 42.5 Å². The molecule has 4 heteroatoms. The Morgan fingerprint density at radius 2 is 1.68 bits per heavy atom. The first kappa shape index (κ1) is 16.2. The van der Waals surface area contributed by atoms with Crippen molar-refractivity contribution in [1.29, 1.82) is 0 Å². The van der Waals surface area contributed by atoms with E-state index in [-0.39, 0.29) is 12.2 Å². The predicted molar refractivity (Wildman–Crippen MR) is 82.9 cm³/mol. The van der Waals surface area contributed by atoms with Crippen LogP contribution in [-0.4, -0.2) is 16.7 Å². The molecule has 0 heterocycles. The quantitative estimate of drug-likeness (QED) is 0.874. The maximum atomic E-state index is 14.2. The van der Waals surface area contributed by atoms with Crippen LogP contribution in [0.2, 0.25) is 0 Å². The van der Waals surface area contributed by atoms with Crippen molar-refractivity contribution in [1.82, 2.24) is 0 Å². The van der Waals surface area contributed by atoms with Gasteiger partial charge in [-0.2, -0.15) is 0 Å². The molecule has 3 nitrogen and oxygen atoms in total. The van der Waals surface area contributed by atoms with Crippen LogP contribution in [0.25, 0.3) is 11.1 Å². The highest BCUT2D eigenvalue weighted by Gasteiger charge is 2.20. The molecule has 0 saturated heterocycles. The van der Waals surface area contributed by atoms with Crippen LogP contribution in [-0.2, 0) is 11.3 Å². The van der Waals surface area contributed by atoms with Gasteiger partial charge in [-0.3, -0.25) is 0 Å². The van der Waals surface area contributed by atoms with Crippen LogP contribution in [0.4, 0.5) is 4.39 Å². The highest BCUT2D eigenvalue weighted by atomic mass is 19.1. The number of ether oxygens (including phenoxy) is 1. The molecule has 0 amide bonds. The summed E-state index contributed by atoms with van der Waals surface area (Å²) in [5.74, 6) is -1.29. The number of rotatable bonds is 3. The molecule has 2 aromatic rings. The number of benzene rings is 2. The van der Waals surface area contributed by atoms with Crippen LogP contribution >= 0.6 is 0 Å².